The van der Waals surface area contributed by atoms with Gasteiger partial charge in [0.25, 0.3) is 0 Å². The molecule has 1 N–H and O–H groups in total. The van der Waals surface area contributed by atoms with Crippen LogP contribution in [0.25, 0.3) is 0 Å². The molecule has 0 aliphatic carbocycles. The molecule has 0 aromatic heterocycles. The first kappa shape index (κ1) is 14.4. The molecular weight excluding hydrogens is 284 g/mol. The predicted molar refractivity (Wildman–Crippen MR) is 85.2 cm³/mol. The largest absolute Gasteiger partial charge is 0.493 e. The molecule has 2 aromatic carbocycles. The van der Waals surface area contributed by atoms with Gasteiger partial charge in [-0.05, 0) is 47.7 Å². The first-order chi connectivity index (χ1) is 10.1. The molecule has 3 rings (SSSR count). The third-order valence-corrected chi connectivity index (χ3v) is 4.22. The molecule has 0 fully saturated rings. The third kappa shape index (κ3) is 3.22. The highest BCUT2D eigenvalue weighted by atomic mass is 35.5. The van der Waals surface area contributed by atoms with Crippen molar-refractivity contribution < 1.29 is 9.84 Å². The van der Waals surface area contributed by atoms with E-state index in [0.717, 1.165) is 28.3 Å². The molecule has 1 unspecified atom stereocenters. The molecule has 2 aromatic rings. The number of ether oxygens (including phenoxy) is 1. The van der Waals surface area contributed by atoms with Crippen molar-refractivity contribution in [1.29, 1.82) is 0 Å². The number of rotatable bonds is 4. The second kappa shape index (κ2) is 6.08. The molecule has 0 saturated heterocycles. The zero-order chi connectivity index (χ0) is 14.8. The van der Waals surface area contributed by atoms with Gasteiger partial charge in [-0.2, -0.15) is 0 Å². The lowest BCUT2D eigenvalue weighted by Gasteiger charge is -2.15. The maximum absolute atomic E-state index is 10.4. The fraction of sp³-hybridized carbons (Fsp3) is 0.333. The molecular formula is C18H19ClO2. The summed E-state index contributed by atoms with van der Waals surface area (Å²) in [6.07, 6.45) is 1.68. The van der Waals surface area contributed by atoms with Gasteiger partial charge in [0.2, 0.25) is 0 Å². The SMILES string of the molecule is Cc1ccccc1CC(O)Cc1cc(Cl)cc2c1OCC2. The molecule has 1 aliphatic heterocycles. The number of aliphatic hydroxyl groups is 1. The standard InChI is InChI=1S/C18H19ClO2/c1-12-4-2-3-5-13(12)10-17(20)11-15-9-16(19)8-14-6-7-21-18(14)15/h2-5,8-9,17,20H,6-7,10-11H2,1H3. The van der Waals surface area contributed by atoms with Crippen molar-refractivity contribution in [3.63, 3.8) is 0 Å². The number of hydrogen-bond donors (Lipinski definition) is 1. The van der Waals surface area contributed by atoms with Gasteiger partial charge in [-0.3, -0.25) is 0 Å². The number of hydrogen-bond acceptors (Lipinski definition) is 2. The van der Waals surface area contributed by atoms with Crippen molar-refractivity contribution in [3.05, 3.63) is 63.7 Å². The van der Waals surface area contributed by atoms with Crippen LogP contribution in [0.4, 0.5) is 0 Å². The summed E-state index contributed by atoms with van der Waals surface area (Å²) in [6.45, 7) is 2.78. The number of aryl methyl sites for hydroxylation is 1. The Bertz CT molecular complexity index is 652. The molecule has 0 radical (unpaired) electrons. The topological polar surface area (TPSA) is 29.5 Å². The Kier molecular flexibility index (Phi) is 4.18. The van der Waals surface area contributed by atoms with E-state index in [2.05, 4.69) is 19.1 Å². The van der Waals surface area contributed by atoms with E-state index in [1.54, 1.807) is 0 Å². The summed E-state index contributed by atoms with van der Waals surface area (Å²) in [6, 6.07) is 12.0. The lowest BCUT2D eigenvalue weighted by Crippen LogP contribution is -2.15. The van der Waals surface area contributed by atoms with Crippen molar-refractivity contribution in [1.82, 2.24) is 0 Å². The van der Waals surface area contributed by atoms with Gasteiger partial charge >= 0.3 is 0 Å². The molecule has 3 heteroatoms. The molecule has 1 heterocycles. The summed E-state index contributed by atoms with van der Waals surface area (Å²) in [4.78, 5) is 0. The average molecular weight is 303 g/mol. The fourth-order valence-electron chi connectivity index (χ4n) is 2.92. The van der Waals surface area contributed by atoms with E-state index in [9.17, 15) is 5.11 Å². The Labute approximate surface area is 130 Å². The van der Waals surface area contributed by atoms with Crippen LogP contribution in [0.3, 0.4) is 0 Å². The Morgan fingerprint density at radius 1 is 1.19 bits per heavy atom. The summed E-state index contributed by atoms with van der Waals surface area (Å²) in [5.74, 6) is 0.920. The predicted octanol–water partition coefficient (Wildman–Crippen LogP) is 3.73. The Hall–Kier alpha value is -1.51. The van der Waals surface area contributed by atoms with Gasteiger partial charge in [0.05, 0.1) is 12.7 Å². The van der Waals surface area contributed by atoms with Crippen molar-refractivity contribution in [2.45, 2.75) is 32.3 Å². The highest BCUT2D eigenvalue weighted by Gasteiger charge is 2.19. The van der Waals surface area contributed by atoms with Gasteiger partial charge in [0.1, 0.15) is 5.75 Å². The van der Waals surface area contributed by atoms with Gasteiger partial charge in [0.15, 0.2) is 0 Å². The van der Waals surface area contributed by atoms with Gasteiger partial charge in [-0.25, -0.2) is 0 Å². The van der Waals surface area contributed by atoms with Crippen LogP contribution >= 0.6 is 11.6 Å². The van der Waals surface area contributed by atoms with Crippen LogP contribution in [0.1, 0.15) is 22.3 Å². The second-order valence-electron chi connectivity index (χ2n) is 5.64. The van der Waals surface area contributed by atoms with Gasteiger partial charge in [-0.15, -0.1) is 0 Å². The Morgan fingerprint density at radius 2 is 1.95 bits per heavy atom. The molecule has 1 aliphatic rings. The first-order valence-electron chi connectivity index (χ1n) is 7.30. The van der Waals surface area contributed by atoms with Crippen molar-refractivity contribution in [3.8, 4) is 5.75 Å². The number of aliphatic hydroxyl groups excluding tert-OH is 1. The van der Waals surface area contributed by atoms with Gasteiger partial charge in [0, 0.05) is 17.9 Å². The molecule has 21 heavy (non-hydrogen) atoms. The number of fused-ring (bicyclic) bond motifs is 1. The van der Waals surface area contributed by atoms with E-state index in [1.807, 2.05) is 24.3 Å². The van der Waals surface area contributed by atoms with Crippen molar-refractivity contribution in [2.75, 3.05) is 6.61 Å². The van der Waals surface area contributed by atoms with E-state index < -0.39 is 6.10 Å². The van der Waals surface area contributed by atoms with Gasteiger partial charge < -0.3 is 9.84 Å². The van der Waals surface area contributed by atoms with E-state index in [4.69, 9.17) is 16.3 Å². The molecule has 0 amide bonds. The Morgan fingerprint density at radius 3 is 2.76 bits per heavy atom. The van der Waals surface area contributed by atoms with Crippen LogP contribution in [0.15, 0.2) is 36.4 Å². The quantitative estimate of drug-likeness (QED) is 0.932. The number of benzene rings is 2. The lowest BCUT2D eigenvalue weighted by atomic mass is 9.97. The summed E-state index contributed by atoms with van der Waals surface area (Å²) >= 11 is 6.16. The maximum Gasteiger partial charge on any atom is 0.126 e. The van der Waals surface area contributed by atoms with Crippen molar-refractivity contribution >= 4 is 11.6 Å². The highest BCUT2D eigenvalue weighted by Crippen LogP contribution is 2.33. The van der Waals surface area contributed by atoms with E-state index in [0.29, 0.717) is 19.4 Å². The zero-order valence-corrected chi connectivity index (χ0v) is 12.9. The minimum absolute atomic E-state index is 0.433. The molecule has 0 bridgehead atoms. The molecule has 2 nitrogen and oxygen atoms in total. The normalized spacial score (nSPS) is 14.6. The highest BCUT2D eigenvalue weighted by molar-refractivity contribution is 6.30. The Balaban J connectivity index is 1.77. The lowest BCUT2D eigenvalue weighted by molar-refractivity contribution is 0.174. The molecule has 0 saturated carbocycles. The summed E-state index contributed by atoms with van der Waals surface area (Å²) in [5.41, 5.74) is 4.56. The second-order valence-corrected chi connectivity index (χ2v) is 6.08. The van der Waals surface area contributed by atoms with Crippen LogP contribution in [0, 0.1) is 6.92 Å². The maximum atomic E-state index is 10.4. The minimum Gasteiger partial charge on any atom is -0.493 e. The third-order valence-electron chi connectivity index (χ3n) is 4.00. The van der Waals surface area contributed by atoms with Gasteiger partial charge in [-0.1, -0.05) is 35.9 Å². The van der Waals surface area contributed by atoms with Crippen LogP contribution < -0.4 is 4.74 Å². The average Bonchev–Trinajstić information content (AvgIpc) is 2.89. The molecule has 1 atom stereocenters. The monoisotopic (exact) mass is 302 g/mol. The smallest absolute Gasteiger partial charge is 0.126 e. The van der Waals surface area contributed by atoms with Crippen LogP contribution in [-0.2, 0) is 19.3 Å². The van der Waals surface area contributed by atoms with Crippen LogP contribution in [-0.4, -0.2) is 17.8 Å². The summed E-state index contributed by atoms with van der Waals surface area (Å²) < 4.78 is 5.69. The van der Waals surface area contributed by atoms with E-state index in [-0.39, 0.29) is 0 Å². The van der Waals surface area contributed by atoms with E-state index >= 15 is 0 Å². The first-order valence-corrected chi connectivity index (χ1v) is 7.68. The van der Waals surface area contributed by atoms with E-state index in [1.165, 1.54) is 11.1 Å². The van der Waals surface area contributed by atoms with Crippen molar-refractivity contribution in [2.24, 2.45) is 0 Å². The zero-order valence-electron chi connectivity index (χ0n) is 12.1. The molecule has 0 spiro atoms. The van der Waals surface area contributed by atoms with Crippen LogP contribution in [0.5, 0.6) is 5.75 Å². The minimum atomic E-state index is -0.433. The number of halogens is 1. The summed E-state index contributed by atoms with van der Waals surface area (Å²) in [5, 5.41) is 11.1. The summed E-state index contributed by atoms with van der Waals surface area (Å²) in [7, 11) is 0. The fourth-order valence-corrected chi connectivity index (χ4v) is 3.18. The molecule has 110 valence electrons. The van der Waals surface area contributed by atoms with Crippen LogP contribution in [0.2, 0.25) is 5.02 Å².